The molecule has 0 atom stereocenters. The predicted octanol–water partition coefficient (Wildman–Crippen LogP) is 6.58. The third-order valence-electron chi connectivity index (χ3n) is 4.73. The van der Waals surface area contributed by atoms with Gasteiger partial charge in [0.2, 0.25) is 0 Å². The van der Waals surface area contributed by atoms with Crippen LogP contribution in [-0.2, 0) is 10.1 Å². The van der Waals surface area contributed by atoms with Crippen LogP contribution in [0.1, 0.15) is 71.1 Å². The number of hydrogen-bond acceptors (Lipinski definition) is 2. The van der Waals surface area contributed by atoms with E-state index < -0.39 is 10.1 Å². The average molecular weight is 401 g/mol. The normalized spacial score (nSPS) is 11.3. The Morgan fingerprint density at radius 3 is 1.85 bits per heavy atom. The van der Waals surface area contributed by atoms with Crippen molar-refractivity contribution < 1.29 is 13.0 Å². The van der Waals surface area contributed by atoms with Crippen LogP contribution < -0.4 is 0 Å². The molecular weight excluding hydrogens is 367 g/mol. The first-order valence-corrected chi connectivity index (χ1v) is 13.3. The molecule has 0 saturated heterocycles. The summed E-state index contributed by atoms with van der Waals surface area (Å²) in [4.78, 5) is -0.0457. The minimum atomic E-state index is -4.13. The molecule has 0 fully saturated rings. The topological polar surface area (TPSA) is 54.4 Å². The Kier molecular flexibility index (Phi) is 13.3. The second kappa shape index (κ2) is 14.6. The van der Waals surface area contributed by atoms with Gasteiger partial charge in [0.1, 0.15) is 4.90 Å². The molecule has 0 unspecified atom stereocenters. The van der Waals surface area contributed by atoms with Crippen LogP contribution in [0.5, 0.6) is 0 Å². The zero-order chi connectivity index (χ0) is 20.0. The third kappa shape index (κ3) is 10.7. The van der Waals surface area contributed by atoms with E-state index in [1.807, 2.05) is 6.07 Å². The molecule has 5 heteroatoms. The molecular formula is C22H33NaO3S. The smallest absolute Gasteiger partial charge is 0.282 e. The molecule has 0 amide bonds. The Morgan fingerprint density at radius 1 is 0.778 bits per heavy atom. The summed E-state index contributed by atoms with van der Waals surface area (Å²) in [6, 6.07) is 11.8. The first-order valence-electron chi connectivity index (χ1n) is 10.5. The number of hydrogen-bond donors (Lipinski definition) is 1. The van der Waals surface area contributed by atoms with Crippen molar-refractivity contribution in [2.45, 2.75) is 79.7 Å². The maximum atomic E-state index is 11.0. The Labute approximate surface area is 183 Å². The van der Waals surface area contributed by atoms with E-state index in [1.165, 1.54) is 102 Å². The summed E-state index contributed by atoms with van der Waals surface area (Å²) in [5.41, 5.74) is 0. The van der Waals surface area contributed by atoms with E-state index >= 15 is 0 Å². The van der Waals surface area contributed by atoms with Crippen molar-refractivity contribution in [2.24, 2.45) is 0 Å². The van der Waals surface area contributed by atoms with Crippen LogP contribution in [0.25, 0.3) is 10.8 Å². The number of unbranched alkanes of at least 4 members (excludes halogenated alkanes) is 9. The van der Waals surface area contributed by atoms with E-state index in [4.69, 9.17) is 4.55 Å². The molecule has 2 aromatic carbocycles. The summed E-state index contributed by atoms with van der Waals surface area (Å²) in [6.45, 7) is 2.29. The summed E-state index contributed by atoms with van der Waals surface area (Å²) in [5, 5.41) is 1.33. The molecule has 0 spiro atoms. The number of rotatable bonds is 11. The Hall–Kier alpha value is -0.390. The van der Waals surface area contributed by atoms with Gasteiger partial charge in [-0.3, -0.25) is 4.55 Å². The van der Waals surface area contributed by atoms with E-state index in [0.29, 0.717) is 5.39 Å². The van der Waals surface area contributed by atoms with E-state index in [9.17, 15) is 8.42 Å². The van der Waals surface area contributed by atoms with Crippen LogP contribution in [0.2, 0.25) is 3.67 Å². The van der Waals surface area contributed by atoms with Crippen LogP contribution in [0.4, 0.5) is 0 Å². The van der Waals surface area contributed by atoms with Crippen LogP contribution >= 0.6 is 0 Å². The summed E-state index contributed by atoms with van der Waals surface area (Å²) >= 11 is 1.41. The maximum absolute atomic E-state index is 11.0. The second-order valence-electron chi connectivity index (χ2n) is 7.13. The summed E-state index contributed by atoms with van der Waals surface area (Å²) in [6.07, 6.45) is 14.7. The van der Waals surface area contributed by atoms with Gasteiger partial charge < -0.3 is 0 Å². The minimum Gasteiger partial charge on any atom is -0.282 e. The Balaban J connectivity index is 0.000000271. The molecule has 0 aromatic heterocycles. The SMILES string of the molecule is CCCCCCCCCCC[CH2][Na].O=S(=O)(O)c1cccc2ccccc12. The molecule has 0 saturated carbocycles. The van der Waals surface area contributed by atoms with E-state index in [2.05, 4.69) is 6.92 Å². The fraction of sp³-hybridized carbons (Fsp3) is 0.545. The van der Waals surface area contributed by atoms with Crippen molar-refractivity contribution in [3.63, 3.8) is 0 Å². The predicted molar refractivity (Wildman–Crippen MR) is 116 cm³/mol. The van der Waals surface area contributed by atoms with Gasteiger partial charge in [0.05, 0.1) is 0 Å². The summed E-state index contributed by atoms with van der Waals surface area (Å²) < 4.78 is 32.5. The number of benzene rings is 2. The Morgan fingerprint density at radius 2 is 1.30 bits per heavy atom. The zero-order valence-electron chi connectivity index (χ0n) is 17.0. The molecule has 0 bridgehead atoms. The summed E-state index contributed by atoms with van der Waals surface area (Å²) in [5.74, 6) is 0. The van der Waals surface area contributed by atoms with E-state index in [0.717, 1.165) is 5.39 Å². The molecule has 2 aromatic rings. The third-order valence-corrected chi connectivity index (χ3v) is 6.35. The van der Waals surface area contributed by atoms with Crippen LogP contribution in [0, 0.1) is 0 Å². The molecule has 146 valence electrons. The fourth-order valence-corrected chi connectivity index (χ4v) is 4.37. The summed E-state index contributed by atoms with van der Waals surface area (Å²) in [7, 11) is -4.13. The van der Waals surface area contributed by atoms with Gasteiger partial charge in [0, 0.05) is 5.39 Å². The van der Waals surface area contributed by atoms with Gasteiger partial charge in [-0.1, -0.05) is 36.4 Å². The molecule has 0 aliphatic rings. The molecule has 0 heterocycles. The fourth-order valence-electron chi connectivity index (χ4n) is 3.16. The first-order chi connectivity index (χ1) is 13.0. The van der Waals surface area contributed by atoms with Crippen molar-refractivity contribution in [1.82, 2.24) is 0 Å². The van der Waals surface area contributed by atoms with Crippen LogP contribution in [-0.4, -0.2) is 40.9 Å². The van der Waals surface area contributed by atoms with E-state index in [1.54, 1.807) is 30.3 Å². The standard InChI is InChI=1S/C12H25.C10H8O3S.Na/c1-3-5-7-9-11-12-10-8-6-4-2;11-14(12,13)10-7-3-5-8-4-1-2-6-9(8)10;/h1,3-12H2,2H3;1-7H,(H,11,12,13);. The average Bonchev–Trinajstić information content (AvgIpc) is 2.66. The Bertz CT molecular complexity index is 729. The maximum Gasteiger partial charge on any atom is 0.295 e. The first kappa shape index (κ1) is 24.6. The van der Waals surface area contributed by atoms with Gasteiger partial charge >= 0.3 is 103 Å². The van der Waals surface area contributed by atoms with Crippen molar-refractivity contribution in [3.05, 3.63) is 42.5 Å². The minimum absolute atomic E-state index is 0.0457. The quantitative estimate of drug-likeness (QED) is 0.263. The van der Waals surface area contributed by atoms with Crippen molar-refractivity contribution in [2.75, 3.05) is 0 Å². The van der Waals surface area contributed by atoms with Crippen molar-refractivity contribution >= 4 is 48.8 Å². The van der Waals surface area contributed by atoms with Gasteiger partial charge in [-0.15, -0.1) is 0 Å². The van der Waals surface area contributed by atoms with Gasteiger partial charge in [-0.25, -0.2) is 0 Å². The van der Waals surface area contributed by atoms with Crippen molar-refractivity contribution in [1.29, 1.82) is 0 Å². The molecule has 0 aliphatic carbocycles. The largest absolute Gasteiger partial charge is 0.295 e. The molecule has 27 heavy (non-hydrogen) atoms. The van der Waals surface area contributed by atoms with Crippen LogP contribution in [0.3, 0.4) is 0 Å². The van der Waals surface area contributed by atoms with Gasteiger partial charge in [0.25, 0.3) is 10.1 Å². The second-order valence-corrected chi connectivity index (χ2v) is 9.52. The number of fused-ring (bicyclic) bond motifs is 1. The molecule has 2 rings (SSSR count). The molecule has 3 nitrogen and oxygen atoms in total. The van der Waals surface area contributed by atoms with Gasteiger partial charge in [-0.2, -0.15) is 8.42 Å². The zero-order valence-corrected chi connectivity index (χ0v) is 19.8. The van der Waals surface area contributed by atoms with E-state index in [-0.39, 0.29) is 4.90 Å². The molecule has 1 N–H and O–H groups in total. The van der Waals surface area contributed by atoms with Crippen LogP contribution in [0.15, 0.2) is 47.4 Å². The van der Waals surface area contributed by atoms with Gasteiger partial charge in [0.15, 0.2) is 0 Å². The monoisotopic (exact) mass is 400 g/mol. The molecule has 0 radical (unpaired) electrons. The van der Waals surface area contributed by atoms with Gasteiger partial charge in [-0.05, 0) is 11.5 Å². The molecule has 0 aliphatic heterocycles. The van der Waals surface area contributed by atoms with Crippen molar-refractivity contribution in [3.8, 4) is 0 Å².